The molecule has 0 N–H and O–H groups in total. The molecule has 1 aromatic heterocycles. The molecule has 1 aromatic carbocycles. The second-order valence-corrected chi connectivity index (χ2v) is 9.72. The Kier molecular flexibility index (Phi) is 4.57. The van der Waals surface area contributed by atoms with E-state index in [1.165, 1.54) is 12.7 Å². The molecule has 0 unspecified atom stereocenters. The van der Waals surface area contributed by atoms with Crippen molar-refractivity contribution in [3.8, 4) is 5.75 Å². The molecule has 0 bridgehead atoms. The second-order valence-electron chi connectivity index (χ2n) is 5.29. The molecule has 2 aromatic rings. The first-order chi connectivity index (χ1) is 9.54. The lowest BCUT2D eigenvalue weighted by Gasteiger charge is -2.21. The van der Waals surface area contributed by atoms with Gasteiger partial charge >= 0.3 is 0 Å². The molecule has 0 aliphatic heterocycles. The summed E-state index contributed by atoms with van der Waals surface area (Å²) in [5.74, 6) is 1.48. The summed E-state index contributed by atoms with van der Waals surface area (Å²) in [5.41, 5.74) is 1.07. The predicted molar refractivity (Wildman–Crippen MR) is 81.5 cm³/mol. The van der Waals surface area contributed by atoms with Crippen molar-refractivity contribution < 1.29 is 4.43 Å². The third kappa shape index (κ3) is 4.54. The van der Waals surface area contributed by atoms with Crippen LogP contribution in [0, 0.1) is 0 Å². The van der Waals surface area contributed by atoms with Gasteiger partial charge in [0, 0.05) is 5.56 Å². The van der Waals surface area contributed by atoms with Gasteiger partial charge in [-0.25, -0.2) is 15.0 Å². The fourth-order valence-electron chi connectivity index (χ4n) is 1.60. The second kappa shape index (κ2) is 6.38. The van der Waals surface area contributed by atoms with Crippen molar-refractivity contribution in [1.82, 2.24) is 15.0 Å². The van der Waals surface area contributed by atoms with Gasteiger partial charge in [-0.05, 0) is 25.7 Å². The molecule has 0 radical (unpaired) electrons. The molecule has 0 atom stereocenters. The summed E-state index contributed by atoms with van der Waals surface area (Å²) < 4.78 is 6.06. The third-order valence-electron chi connectivity index (χ3n) is 2.37. The molecule has 0 saturated heterocycles. The van der Waals surface area contributed by atoms with E-state index in [4.69, 9.17) is 4.43 Å². The van der Waals surface area contributed by atoms with E-state index in [2.05, 4.69) is 39.6 Å². The number of benzene rings is 1. The minimum absolute atomic E-state index is 0.548. The number of nitrogens with zero attached hydrogens (tertiary/aromatic N) is 4. The highest BCUT2D eigenvalue weighted by molar-refractivity contribution is 6.70. The van der Waals surface area contributed by atoms with E-state index in [0.29, 0.717) is 12.4 Å². The number of hydrogen-bond acceptors (Lipinski definition) is 5. The van der Waals surface area contributed by atoms with Crippen molar-refractivity contribution in [2.45, 2.75) is 26.2 Å². The average Bonchev–Trinajstić information content (AvgIpc) is 2.40. The van der Waals surface area contributed by atoms with Gasteiger partial charge in [-0.2, -0.15) is 0 Å². The maximum absolute atomic E-state index is 6.06. The van der Waals surface area contributed by atoms with Gasteiger partial charge in [0.2, 0.25) is 8.32 Å². The molecule has 6 heteroatoms. The number of aliphatic imine (C=N–C) groups is 1. The normalized spacial score (nSPS) is 11.8. The van der Waals surface area contributed by atoms with Gasteiger partial charge in [-0.15, -0.1) is 0 Å². The molecule has 0 aliphatic carbocycles. The van der Waals surface area contributed by atoms with Gasteiger partial charge in [-0.1, -0.05) is 18.2 Å². The van der Waals surface area contributed by atoms with Gasteiger partial charge in [0.25, 0.3) is 0 Å². The minimum atomic E-state index is -1.62. The number of para-hydroxylation sites is 1. The third-order valence-corrected chi connectivity index (χ3v) is 3.20. The molecule has 0 aliphatic rings. The van der Waals surface area contributed by atoms with Crippen LogP contribution in [0.3, 0.4) is 0 Å². The summed E-state index contributed by atoms with van der Waals surface area (Å²) >= 11 is 0. The Balaban J connectivity index is 2.08. The highest BCUT2D eigenvalue weighted by Crippen LogP contribution is 2.22. The fraction of sp³-hybridized carbons (Fsp3) is 0.286. The zero-order valence-electron chi connectivity index (χ0n) is 11.9. The Hall–Kier alpha value is -2.08. The van der Waals surface area contributed by atoms with Gasteiger partial charge < -0.3 is 4.43 Å². The molecule has 0 amide bonds. The summed E-state index contributed by atoms with van der Waals surface area (Å²) in [7, 11) is -1.62. The summed E-state index contributed by atoms with van der Waals surface area (Å²) in [5, 5.41) is 0. The highest BCUT2D eigenvalue weighted by atomic mass is 28.4. The van der Waals surface area contributed by atoms with Crippen molar-refractivity contribution in [2.75, 3.05) is 0 Å². The monoisotopic (exact) mass is 286 g/mol. The van der Waals surface area contributed by atoms with Gasteiger partial charge in [0.05, 0.1) is 12.8 Å². The lowest BCUT2D eigenvalue weighted by molar-refractivity contribution is 0.549. The molecule has 0 fully saturated rings. The van der Waals surface area contributed by atoms with E-state index in [9.17, 15) is 0 Å². The highest BCUT2D eigenvalue weighted by Gasteiger charge is 2.17. The number of rotatable bonds is 5. The summed E-state index contributed by atoms with van der Waals surface area (Å²) in [6, 6.07) is 7.99. The molecule has 2 rings (SSSR count). The van der Waals surface area contributed by atoms with Crippen LogP contribution in [0.2, 0.25) is 19.6 Å². The van der Waals surface area contributed by atoms with Crippen LogP contribution < -0.4 is 4.43 Å². The topological polar surface area (TPSA) is 60.3 Å². The average molecular weight is 286 g/mol. The van der Waals surface area contributed by atoms with Gasteiger partial charge in [0.1, 0.15) is 18.4 Å². The van der Waals surface area contributed by atoms with E-state index in [0.717, 1.165) is 11.3 Å². The molecule has 104 valence electrons. The molecule has 1 heterocycles. The SMILES string of the molecule is C[Si](C)(C)Oc1ccccc1CN=Cc1ncncn1. The van der Waals surface area contributed by atoms with Crippen molar-refractivity contribution in [3.63, 3.8) is 0 Å². The van der Waals surface area contributed by atoms with Crippen molar-refractivity contribution in [2.24, 2.45) is 4.99 Å². The molecule has 0 spiro atoms. The predicted octanol–water partition coefficient (Wildman–Crippen LogP) is 2.70. The Labute approximate surface area is 119 Å². The van der Waals surface area contributed by atoms with Crippen LogP contribution in [0.4, 0.5) is 0 Å². The zero-order valence-corrected chi connectivity index (χ0v) is 12.9. The van der Waals surface area contributed by atoms with Crippen molar-refractivity contribution in [1.29, 1.82) is 0 Å². The van der Waals surface area contributed by atoms with Crippen LogP contribution in [0.5, 0.6) is 5.75 Å². The molecule has 5 nitrogen and oxygen atoms in total. The first-order valence-electron chi connectivity index (χ1n) is 6.43. The first kappa shape index (κ1) is 14.3. The zero-order chi connectivity index (χ0) is 14.4. The van der Waals surface area contributed by atoms with Crippen LogP contribution in [0.15, 0.2) is 41.9 Å². The van der Waals surface area contributed by atoms with Crippen LogP contribution in [-0.2, 0) is 6.54 Å². The summed E-state index contributed by atoms with van der Waals surface area (Å²) in [6.45, 7) is 7.04. The van der Waals surface area contributed by atoms with Crippen LogP contribution in [0.1, 0.15) is 11.4 Å². The molecule has 0 saturated carbocycles. The van der Waals surface area contributed by atoms with Crippen LogP contribution in [-0.4, -0.2) is 29.5 Å². The Bertz CT molecular complexity index is 581. The quantitative estimate of drug-likeness (QED) is 0.626. The van der Waals surface area contributed by atoms with E-state index in [1.807, 2.05) is 24.3 Å². The summed E-state index contributed by atoms with van der Waals surface area (Å²) in [4.78, 5) is 16.1. The standard InChI is InChI=1S/C14H18N4OSi/c1-20(2,3)19-13-7-5-4-6-12(13)8-15-9-14-17-10-16-11-18-14/h4-7,9-11H,8H2,1-3H3. The Morgan fingerprint density at radius 1 is 1.15 bits per heavy atom. The maximum atomic E-state index is 6.06. The largest absolute Gasteiger partial charge is 0.544 e. The van der Waals surface area contributed by atoms with E-state index >= 15 is 0 Å². The van der Waals surface area contributed by atoms with E-state index in [1.54, 1.807) is 6.21 Å². The van der Waals surface area contributed by atoms with Crippen molar-refractivity contribution in [3.05, 3.63) is 48.3 Å². The first-order valence-corrected chi connectivity index (χ1v) is 9.84. The fourth-order valence-corrected chi connectivity index (χ4v) is 2.46. The molecular weight excluding hydrogens is 268 g/mol. The Morgan fingerprint density at radius 3 is 2.55 bits per heavy atom. The van der Waals surface area contributed by atoms with Crippen LogP contribution in [0.25, 0.3) is 0 Å². The van der Waals surface area contributed by atoms with E-state index in [-0.39, 0.29) is 0 Å². The number of hydrogen-bond donors (Lipinski definition) is 0. The Morgan fingerprint density at radius 2 is 1.85 bits per heavy atom. The van der Waals surface area contributed by atoms with Gasteiger partial charge in [0.15, 0.2) is 5.82 Å². The lowest BCUT2D eigenvalue weighted by Crippen LogP contribution is -2.29. The smallest absolute Gasteiger partial charge is 0.242 e. The minimum Gasteiger partial charge on any atom is -0.544 e. The number of aromatic nitrogens is 3. The summed E-state index contributed by atoms with van der Waals surface area (Å²) in [6.07, 6.45) is 4.56. The van der Waals surface area contributed by atoms with Crippen LogP contribution >= 0.6 is 0 Å². The maximum Gasteiger partial charge on any atom is 0.242 e. The molecule has 20 heavy (non-hydrogen) atoms. The lowest BCUT2D eigenvalue weighted by atomic mass is 10.2. The molecular formula is C14H18N4OSi. The van der Waals surface area contributed by atoms with Crippen molar-refractivity contribution >= 4 is 14.5 Å². The van der Waals surface area contributed by atoms with E-state index < -0.39 is 8.32 Å². The van der Waals surface area contributed by atoms with Gasteiger partial charge in [-0.3, -0.25) is 4.99 Å².